The maximum absolute atomic E-state index is 3.58. The summed E-state index contributed by atoms with van der Waals surface area (Å²) in [5.74, 6) is 0. The zero-order valence-corrected chi connectivity index (χ0v) is 13.2. The largest absolute Gasteiger partial charge is 0.341 e. The van der Waals surface area contributed by atoms with Crippen molar-refractivity contribution in [2.75, 3.05) is 0 Å². The Balaban J connectivity index is 2.06. The maximum atomic E-state index is 3.58. The molecule has 0 bridgehead atoms. The first kappa shape index (κ1) is 14.2. The molecule has 0 saturated heterocycles. The second-order valence-electron chi connectivity index (χ2n) is 5.80. The molecule has 0 aliphatic carbocycles. The zero-order chi connectivity index (χ0) is 14.8. The number of para-hydroxylation sites is 1. The Bertz CT molecular complexity index is 755. The van der Waals surface area contributed by atoms with Gasteiger partial charge in [-0.15, -0.1) is 0 Å². The number of aromatic nitrogens is 1. The first-order chi connectivity index (χ1) is 10.2. The number of aryl methyl sites for hydroxylation is 1. The van der Waals surface area contributed by atoms with Crippen molar-refractivity contribution in [1.82, 2.24) is 9.88 Å². The van der Waals surface area contributed by atoms with Crippen LogP contribution in [-0.2, 0) is 13.1 Å². The van der Waals surface area contributed by atoms with E-state index in [2.05, 4.69) is 73.1 Å². The summed E-state index contributed by atoms with van der Waals surface area (Å²) in [5, 5.41) is 6.31. The minimum absolute atomic E-state index is 0.567. The van der Waals surface area contributed by atoms with Crippen molar-refractivity contribution in [3.05, 3.63) is 48.0 Å². The lowest BCUT2D eigenvalue weighted by atomic mass is 10.1. The van der Waals surface area contributed by atoms with Crippen molar-refractivity contribution in [1.29, 1.82) is 0 Å². The number of benzene rings is 2. The fourth-order valence-corrected chi connectivity index (χ4v) is 2.99. The van der Waals surface area contributed by atoms with Gasteiger partial charge in [0.05, 0.1) is 0 Å². The normalized spacial score (nSPS) is 13.1. The van der Waals surface area contributed by atoms with Gasteiger partial charge in [0.25, 0.3) is 0 Å². The zero-order valence-electron chi connectivity index (χ0n) is 13.2. The van der Waals surface area contributed by atoms with Gasteiger partial charge in [-0.2, -0.15) is 0 Å². The third-order valence-corrected chi connectivity index (χ3v) is 4.42. The molecular weight excluding hydrogens is 256 g/mol. The highest BCUT2D eigenvalue weighted by atomic mass is 15.0. The van der Waals surface area contributed by atoms with Crippen LogP contribution >= 0.6 is 0 Å². The molecule has 1 unspecified atom stereocenters. The summed E-state index contributed by atoms with van der Waals surface area (Å²) in [6.45, 7) is 8.62. The van der Waals surface area contributed by atoms with Gasteiger partial charge in [0.15, 0.2) is 0 Å². The van der Waals surface area contributed by atoms with Gasteiger partial charge in [0, 0.05) is 40.9 Å². The van der Waals surface area contributed by atoms with Crippen LogP contribution < -0.4 is 5.32 Å². The van der Waals surface area contributed by atoms with E-state index >= 15 is 0 Å². The Morgan fingerprint density at radius 1 is 1.00 bits per heavy atom. The van der Waals surface area contributed by atoms with E-state index in [1.54, 1.807) is 0 Å². The number of nitrogens with one attached hydrogen (secondary N) is 1. The number of hydrogen-bond acceptors (Lipinski definition) is 1. The molecule has 1 heterocycles. The molecule has 2 heteroatoms. The van der Waals surface area contributed by atoms with Gasteiger partial charge in [-0.25, -0.2) is 0 Å². The molecule has 1 aromatic heterocycles. The molecule has 1 N–H and O–H groups in total. The average molecular weight is 280 g/mol. The molecule has 2 nitrogen and oxygen atoms in total. The van der Waals surface area contributed by atoms with E-state index in [-0.39, 0.29) is 0 Å². The lowest BCUT2D eigenvalue weighted by molar-refractivity contribution is 0.534. The minimum atomic E-state index is 0.567. The smallest absolute Gasteiger partial charge is 0.0491 e. The van der Waals surface area contributed by atoms with Crippen molar-refractivity contribution in [2.24, 2.45) is 0 Å². The molecule has 0 aliphatic rings. The first-order valence-electron chi connectivity index (χ1n) is 7.97. The van der Waals surface area contributed by atoms with E-state index in [0.29, 0.717) is 6.04 Å². The van der Waals surface area contributed by atoms with Crippen LogP contribution in [0.3, 0.4) is 0 Å². The first-order valence-corrected chi connectivity index (χ1v) is 7.97. The number of nitrogens with zero attached hydrogens (tertiary/aromatic N) is 1. The number of hydrogen-bond donors (Lipinski definition) is 1. The van der Waals surface area contributed by atoms with Crippen LogP contribution in [0, 0.1) is 0 Å². The summed E-state index contributed by atoms with van der Waals surface area (Å²) >= 11 is 0. The molecule has 0 fully saturated rings. The summed E-state index contributed by atoms with van der Waals surface area (Å²) in [4.78, 5) is 0. The summed E-state index contributed by atoms with van der Waals surface area (Å²) < 4.78 is 2.40. The van der Waals surface area contributed by atoms with Crippen LogP contribution in [0.1, 0.15) is 32.8 Å². The maximum Gasteiger partial charge on any atom is 0.0491 e. The van der Waals surface area contributed by atoms with E-state index < -0.39 is 0 Å². The third kappa shape index (κ3) is 2.56. The fraction of sp³-hybridized carbons (Fsp3) is 0.368. The molecule has 3 rings (SSSR count). The molecule has 0 aliphatic heterocycles. The Morgan fingerprint density at radius 2 is 1.76 bits per heavy atom. The second-order valence-corrected chi connectivity index (χ2v) is 5.80. The monoisotopic (exact) mass is 280 g/mol. The molecule has 21 heavy (non-hydrogen) atoms. The van der Waals surface area contributed by atoms with Crippen molar-refractivity contribution >= 4 is 21.8 Å². The van der Waals surface area contributed by atoms with Gasteiger partial charge in [-0.05, 0) is 44.0 Å². The Hall–Kier alpha value is -1.80. The van der Waals surface area contributed by atoms with Crippen molar-refractivity contribution in [2.45, 2.75) is 46.3 Å². The van der Waals surface area contributed by atoms with Crippen LogP contribution in [0.5, 0.6) is 0 Å². The highest BCUT2D eigenvalue weighted by molar-refractivity contribution is 6.08. The van der Waals surface area contributed by atoms with E-state index in [1.807, 2.05) is 0 Å². The van der Waals surface area contributed by atoms with E-state index in [0.717, 1.165) is 19.5 Å². The van der Waals surface area contributed by atoms with Crippen molar-refractivity contribution in [3.63, 3.8) is 0 Å². The molecule has 0 saturated carbocycles. The summed E-state index contributed by atoms with van der Waals surface area (Å²) in [7, 11) is 0. The average Bonchev–Trinajstić information content (AvgIpc) is 2.85. The molecule has 110 valence electrons. The van der Waals surface area contributed by atoms with Crippen molar-refractivity contribution in [3.8, 4) is 0 Å². The predicted molar refractivity (Wildman–Crippen MR) is 91.7 cm³/mol. The van der Waals surface area contributed by atoms with Crippen LogP contribution in [0.2, 0.25) is 0 Å². The predicted octanol–water partition coefficient (Wildman–Crippen LogP) is 4.70. The number of rotatable bonds is 5. The molecular formula is C19H24N2. The second kappa shape index (κ2) is 5.90. The molecule has 0 spiro atoms. The SMILES string of the molecule is CCC(C)NCc1ccc2c(c1)c1ccccc1n2CC. The van der Waals surface area contributed by atoms with E-state index in [1.165, 1.54) is 27.4 Å². The minimum Gasteiger partial charge on any atom is -0.341 e. The standard InChI is InChI=1S/C19H24N2/c1-4-14(3)20-13-15-10-11-19-17(12-15)16-8-6-7-9-18(16)21(19)5-2/h6-12,14,20H,4-5,13H2,1-3H3. The van der Waals surface area contributed by atoms with E-state index in [9.17, 15) is 0 Å². The number of fused-ring (bicyclic) bond motifs is 3. The van der Waals surface area contributed by atoms with Gasteiger partial charge >= 0.3 is 0 Å². The third-order valence-electron chi connectivity index (χ3n) is 4.42. The molecule has 0 amide bonds. The molecule has 2 aromatic carbocycles. The van der Waals surface area contributed by atoms with Gasteiger partial charge in [-0.1, -0.05) is 31.2 Å². The fourth-order valence-electron chi connectivity index (χ4n) is 2.99. The van der Waals surface area contributed by atoms with Gasteiger partial charge in [0.1, 0.15) is 0 Å². The Labute approximate surface area is 126 Å². The topological polar surface area (TPSA) is 17.0 Å². The Kier molecular flexibility index (Phi) is 3.98. The highest BCUT2D eigenvalue weighted by Gasteiger charge is 2.09. The van der Waals surface area contributed by atoms with Crippen LogP contribution in [0.4, 0.5) is 0 Å². The lowest BCUT2D eigenvalue weighted by Crippen LogP contribution is -2.24. The van der Waals surface area contributed by atoms with Gasteiger partial charge in [-0.3, -0.25) is 0 Å². The quantitative estimate of drug-likeness (QED) is 0.716. The molecule has 3 aromatic rings. The summed E-state index contributed by atoms with van der Waals surface area (Å²) in [5.41, 5.74) is 4.04. The van der Waals surface area contributed by atoms with E-state index in [4.69, 9.17) is 0 Å². The van der Waals surface area contributed by atoms with Crippen LogP contribution in [0.15, 0.2) is 42.5 Å². The van der Waals surface area contributed by atoms with Gasteiger partial charge in [0.2, 0.25) is 0 Å². The van der Waals surface area contributed by atoms with Crippen LogP contribution in [-0.4, -0.2) is 10.6 Å². The molecule has 0 radical (unpaired) electrons. The van der Waals surface area contributed by atoms with Crippen molar-refractivity contribution < 1.29 is 0 Å². The highest BCUT2D eigenvalue weighted by Crippen LogP contribution is 2.29. The molecule has 1 atom stereocenters. The Morgan fingerprint density at radius 3 is 2.52 bits per heavy atom. The van der Waals surface area contributed by atoms with Crippen LogP contribution in [0.25, 0.3) is 21.8 Å². The summed E-state index contributed by atoms with van der Waals surface area (Å²) in [6.07, 6.45) is 1.16. The van der Waals surface area contributed by atoms with Gasteiger partial charge < -0.3 is 9.88 Å². The lowest BCUT2D eigenvalue weighted by Gasteiger charge is -2.11. The summed E-state index contributed by atoms with van der Waals surface area (Å²) in [6, 6.07) is 16.1.